The lowest BCUT2D eigenvalue weighted by Crippen LogP contribution is -2.18. The van der Waals surface area contributed by atoms with Gasteiger partial charge in [-0.05, 0) is 24.4 Å². The molecular weight excluding hydrogens is 296 g/mol. The summed E-state index contributed by atoms with van der Waals surface area (Å²) >= 11 is 1.45. The second-order valence-corrected chi connectivity index (χ2v) is 7.01. The number of aryl methyl sites for hydroxylation is 2. The summed E-state index contributed by atoms with van der Waals surface area (Å²) in [4.78, 5) is 1.17. The highest BCUT2D eigenvalue weighted by Crippen LogP contribution is 2.28. The lowest BCUT2D eigenvalue weighted by Gasteiger charge is -2.08. The molecule has 2 aromatic rings. The highest BCUT2D eigenvalue weighted by atomic mass is 32.2. The van der Waals surface area contributed by atoms with E-state index in [1.54, 1.807) is 30.9 Å². The smallest absolute Gasteiger partial charge is 0.264 e. The quantitative estimate of drug-likeness (QED) is 0.851. The summed E-state index contributed by atoms with van der Waals surface area (Å²) in [5.41, 5.74) is 0.756. The molecule has 0 spiro atoms. The molecule has 0 atom stereocenters. The number of nitrogens with one attached hydrogen (secondary N) is 2. The fourth-order valence-corrected chi connectivity index (χ4v) is 4.65. The molecule has 2 rings (SSSR count). The van der Waals surface area contributed by atoms with Gasteiger partial charge in [-0.25, -0.2) is 8.42 Å². The molecule has 0 saturated heterocycles. The summed E-state index contributed by atoms with van der Waals surface area (Å²) in [7, 11) is -1.86. The molecule has 0 saturated carbocycles. The minimum Gasteiger partial charge on any atom is -0.312 e. The number of rotatable bonds is 6. The monoisotopic (exact) mass is 314 g/mol. The molecule has 6 nitrogen and oxygen atoms in total. The van der Waals surface area contributed by atoms with Crippen LogP contribution in [0.15, 0.2) is 22.5 Å². The SMILES string of the molecule is CCNCc1scc(C)c1S(=O)(=O)Nc1ccn(C)n1. The Labute approximate surface area is 122 Å². The molecule has 0 aliphatic rings. The van der Waals surface area contributed by atoms with Crippen molar-refractivity contribution in [3.05, 3.63) is 28.1 Å². The molecule has 0 unspecified atom stereocenters. The Morgan fingerprint density at radius 3 is 2.80 bits per heavy atom. The standard InChI is InChI=1S/C12H18N4O2S2/c1-4-13-7-10-12(9(2)8-19-10)20(17,18)15-11-5-6-16(3)14-11/h5-6,8,13H,4,7H2,1-3H3,(H,14,15). The average Bonchev–Trinajstić information content (AvgIpc) is 2.93. The maximum Gasteiger partial charge on any atom is 0.264 e. The van der Waals surface area contributed by atoms with Crippen molar-refractivity contribution in [2.75, 3.05) is 11.3 Å². The number of thiophene rings is 1. The van der Waals surface area contributed by atoms with Gasteiger partial charge in [0.15, 0.2) is 5.82 Å². The van der Waals surface area contributed by atoms with Crippen molar-refractivity contribution < 1.29 is 8.42 Å². The number of hydrogen-bond donors (Lipinski definition) is 2. The zero-order valence-electron chi connectivity index (χ0n) is 11.7. The van der Waals surface area contributed by atoms with E-state index < -0.39 is 10.0 Å². The van der Waals surface area contributed by atoms with Gasteiger partial charge in [0.1, 0.15) is 4.90 Å². The largest absolute Gasteiger partial charge is 0.312 e. The predicted molar refractivity (Wildman–Crippen MR) is 80.5 cm³/mol. The molecule has 0 amide bonds. The third-order valence-electron chi connectivity index (χ3n) is 2.75. The maximum atomic E-state index is 12.5. The van der Waals surface area contributed by atoms with E-state index in [4.69, 9.17) is 0 Å². The van der Waals surface area contributed by atoms with Gasteiger partial charge in [0.25, 0.3) is 10.0 Å². The topological polar surface area (TPSA) is 76.0 Å². The van der Waals surface area contributed by atoms with Gasteiger partial charge in [-0.15, -0.1) is 11.3 Å². The number of sulfonamides is 1. The van der Waals surface area contributed by atoms with Gasteiger partial charge < -0.3 is 5.32 Å². The maximum absolute atomic E-state index is 12.5. The summed E-state index contributed by atoms with van der Waals surface area (Å²) in [6, 6.07) is 1.63. The van der Waals surface area contributed by atoms with Gasteiger partial charge in [0, 0.05) is 30.7 Å². The molecule has 110 valence electrons. The minimum absolute atomic E-state index is 0.326. The zero-order chi connectivity index (χ0) is 14.8. The molecule has 0 fully saturated rings. The van der Waals surface area contributed by atoms with E-state index in [-0.39, 0.29) is 0 Å². The Hall–Kier alpha value is -1.38. The van der Waals surface area contributed by atoms with Crippen LogP contribution in [0.3, 0.4) is 0 Å². The molecule has 2 N–H and O–H groups in total. The van der Waals surface area contributed by atoms with E-state index in [2.05, 4.69) is 15.1 Å². The first-order valence-corrected chi connectivity index (χ1v) is 8.60. The van der Waals surface area contributed by atoms with Gasteiger partial charge >= 0.3 is 0 Å². The Bertz CT molecular complexity index is 688. The van der Waals surface area contributed by atoms with E-state index in [1.165, 1.54) is 11.3 Å². The molecule has 20 heavy (non-hydrogen) atoms. The van der Waals surface area contributed by atoms with Crippen molar-refractivity contribution >= 4 is 27.2 Å². The second-order valence-electron chi connectivity index (χ2n) is 4.43. The van der Waals surface area contributed by atoms with E-state index >= 15 is 0 Å². The average molecular weight is 314 g/mol. The van der Waals surface area contributed by atoms with E-state index in [9.17, 15) is 8.42 Å². The van der Waals surface area contributed by atoms with Crippen LogP contribution >= 0.6 is 11.3 Å². The molecule has 0 aromatic carbocycles. The van der Waals surface area contributed by atoms with E-state index in [1.807, 2.05) is 12.3 Å². The molecular formula is C12H18N4O2S2. The van der Waals surface area contributed by atoms with Crippen LogP contribution in [0.25, 0.3) is 0 Å². The number of anilines is 1. The Morgan fingerprint density at radius 2 is 2.20 bits per heavy atom. The number of nitrogens with zero attached hydrogens (tertiary/aromatic N) is 2. The van der Waals surface area contributed by atoms with Crippen molar-refractivity contribution in [3.8, 4) is 0 Å². The van der Waals surface area contributed by atoms with Crippen LogP contribution in [0.1, 0.15) is 17.4 Å². The summed E-state index contributed by atoms with van der Waals surface area (Å²) in [6.45, 7) is 5.14. The molecule has 8 heteroatoms. The van der Waals surface area contributed by atoms with Crippen LogP contribution in [0, 0.1) is 6.92 Å². The van der Waals surface area contributed by atoms with Gasteiger partial charge in [-0.3, -0.25) is 9.40 Å². The Balaban J connectivity index is 2.31. The summed E-state index contributed by atoms with van der Waals surface area (Å²) < 4.78 is 29.1. The van der Waals surface area contributed by atoms with Gasteiger partial charge in [-0.1, -0.05) is 6.92 Å². The molecule has 0 bridgehead atoms. The van der Waals surface area contributed by atoms with Gasteiger partial charge in [0.05, 0.1) is 0 Å². The first kappa shape index (κ1) is 15.0. The molecule has 2 heterocycles. The van der Waals surface area contributed by atoms with Gasteiger partial charge in [-0.2, -0.15) is 5.10 Å². The fraction of sp³-hybridized carbons (Fsp3) is 0.417. The zero-order valence-corrected chi connectivity index (χ0v) is 13.3. The lowest BCUT2D eigenvalue weighted by molar-refractivity contribution is 0.598. The first-order chi connectivity index (χ1) is 9.44. The normalized spacial score (nSPS) is 11.8. The fourth-order valence-electron chi connectivity index (χ4n) is 1.87. The predicted octanol–water partition coefficient (Wildman–Crippen LogP) is 1.70. The van der Waals surface area contributed by atoms with Crippen LogP contribution in [0.5, 0.6) is 0 Å². The summed E-state index contributed by atoms with van der Waals surface area (Å²) in [5, 5.41) is 9.06. The van der Waals surface area contributed by atoms with Crippen molar-refractivity contribution in [1.29, 1.82) is 0 Å². The van der Waals surface area contributed by atoms with Crippen LogP contribution in [-0.2, 0) is 23.6 Å². The van der Waals surface area contributed by atoms with E-state index in [0.29, 0.717) is 17.3 Å². The minimum atomic E-state index is -3.60. The highest BCUT2D eigenvalue weighted by molar-refractivity contribution is 7.93. The highest BCUT2D eigenvalue weighted by Gasteiger charge is 2.23. The number of aromatic nitrogens is 2. The van der Waals surface area contributed by atoms with Gasteiger partial charge in [0.2, 0.25) is 0 Å². The third kappa shape index (κ3) is 3.20. The van der Waals surface area contributed by atoms with Crippen molar-refractivity contribution in [2.45, 2.75) is 25.3 Å². The Morgan fingerprint density at radius 1 is 1.45 bits per heavy atom. The molecule has 0 aliphatic carbocycles. The lowest BCUT2D eigenvalue weighted by atomic mass is 10.3. The molecule has 2 aromatic heterocycles. The molecule has 0 aliphatic heterocycles. The molecule has 0 radical (unpaired) electrons. The second kappa shape index (κ2) is 5.94. The first-order valence-electron chi connectivity index (χ1n) is 6.24. The van der Waals surface area contributed by atoms with Crippen LogP contribution in [-0.4, -0.2) is 24.7 Å². The summed E-state index contributed by atoms with van der Waals surface area (Å²) in [6.07, 6.45) is 1.69. The van der Waals surface area contributed by atoms with Crippen LogP contribution in [0.2, 0.25) is 0 Å². The van der Waals surface area contributed by atoms with Crippen molar-refractivity contribution in [1.82, 2.24) is 15.1 Å². The van der Waals surface area contributed by atoms with Crippen LogP contribution in [0.4, 0.5) is 5.82 Å². The Kier molecular flexibility index (Phi) is 4.46. The summed E-state index contributed by atoms with van der Waals surface area (Å²) in [5.74, 6) is 0.326. The third-order valence-corrected chi connectivity index (χ3v) is 5.56. The van der Waals surface area contributed by atoms with Crippen molar-refractivity contribution in [3.63, 3.8) is 0 Å². The van der Waals surface area contributed by atoms with Crippen LogP contribution < -0.4 is 10.0 Å². The van der Waals surface area contributed by atoms with Crippen molar-refractivity contribution in [2.24, 2.45) is 7.05 Å². The van der Waals surface area contributed by atoms with E-state index in [0.717, 1.165) is 17.0 Å². The number of hydrogen-bond acceptors (Lipinski definition) is 5.